The number of carbonyl (C=O) groups excluding carboxylic acids is 1. The zero-order valence-corrected chi connectivity index (χ0v) is 48.7. The molecule has 73 heavy (non-hydrogen) atoms. The predicted octanol–water partition coefficient (Wildman–Crippen LogP) is 17.7. The van der Waals surface area contributed by atoms with Gasteiger partial charge in [-0.1, -0.05) is 258 Å². The Balaban J connectivity index is 3.95. The largest absolute Gasteiger partial charge is 0.756 e. The van der Waals surface area contributed by atoms with Crippen LogP contribution in [0.3, 0.4) is 0 Å². The second-order valence-corrected chi connectivity index (χ2v) is 22.4. The molecule has 0 heterocycles. The molecule has 3 unspecified atom stereocenters. The molecule has 0 aliphatic rings. The van der Waals surface area contributed by atoms with Gasteiger partial charge in [-0.05, 0) is 83.5 Å². The fourth-order valence-electron chi connectivity index (χ4n) is 8.15. The zero-order valence-electron chi connectivity index (χ0n) is 47.8. The Morgan fingerprint density at radius 3 is 1.22 bits per heavy atom. The van der Waals surface area contributed by atoms with E-state index in [1.165, 1.54) is 116 Å². The molecule has 0 bridgehead atoms. The normalized spacial score (nSPS) is 14.7. The van der Waals surface area contributed by atoms with Gasteiger partial charge in [0.25, 0.3) is 7.82 Å². The zero-order chi connectivity index (χ0) is 53.5. The van der Waals surface area contributed by atoms with E-state index in [-0.39, 0.29) is 19.1 Å². The van der Waals surface area contributed by atoms with Crippen molar-refractivity contribution in [3.8, 4) is 0 Å². The van der Waals surface area contributed by atoms with Crippen molar-refractivity contribution in [1.29, 1.82) is 0 Å². The lowest BCUT2D eigenvalue weighted by molar-refractivity contribution is -0.870. The molecule has 0 fully saturated rings. The highest BCUT2D eigenvalue weighted by Gasteiger charge is 2.24. The minimum absolute atomic E-state index is 0.00832. The van der Waals surface area contributed by atoms with Crippen molar-refractivity contribution in [2.45, 2.75) is 251 Å². The number of nitrogens with one attached hydrogen (secondary N) is 1. The summed E-state index contributed by atoms with van der Waals surface area (Å²) < 4.78 is 23.3. The second kappa shape index (κ2) is 54.0. The summed E-state index contributed by atoms with van der Waals surface area (Å²) in [6.45, 7) is 4.58. The molecule has 3 atom stereocenters. The number of aliphatic hydroxyl groups excluding tert-OH is 1. The van der Waals surface area contributed by atoms with Crippen molar-refractivity contribution in [3.63, 3.8) is 0 Å². The third kappa shape index (κ3) is 56.7. The minimum Gasteiger partial charge on any atom is -0.756 e. The Hall–Kier alpha value is -2.84. The van der Waals surface area contributed by atoms with Gasteiger partial charge in [0, 0.05) is 6.42 Å². The van der Waals surface area contributed by atoms with Gasteiger partial charge in [-0.25, -0.2) is 0 Å². The first-order chi connectivity index (χ1) is 35.5. The quantitative estimate of drug-likeness (QED) is 0.0272. The number of quaternary nitrogens is 1. The van der Waals surface area contributed by atoms with Crippen LogP contribution in [0.5, 0.6) is 0 Å². The van der Waals surface area contributed by atoms with Crippen molar-refractivity contribution in [1.82, 2.24) is 5.32 Å². The third-order valence-corrected chi connectivity index (χ3v) is 13.7. The predicted molar refractivity (Wildman–Crippen MR) is 316 cm³/mol. The lowest BCUT2D eigenvalue weighted by atomic mass is 10.0. The molecule has 8 nitrogen and oxygen atoms in total. The topological polar surface area (TPSA) is 108 Å². The summed E-state index contributed by atoms with van der Waals surface area (Å²) in [6.07, 6.45) is 78.6. The monoisotopic (exact) mass is 1040 g/mol. The number of rotatable bonds is 53. The van der Waals surface area contributed by atoms with Gasteiger partial charge in [0.15, 0.2) is 0 Å². The number of phosphoric acid groups is 1. The van der Waals surface area contributed by atoms with Crippen LogP contribution in [0.1, 0.15) is 239 Å². The summed E-state index contributed by atoms with van der Waals surface area (Å²) in [5.41, 5.74) is 0. The lowest BCUT2D eigenvalue weighted by Gasteiger charge is -2.30. The van der Waals surface area contributed by atoms with Gasteiger partial charge in [-0.2, -0.15) is 0 Å². The minimum atomic E-state index is -4.57. The number of hydrogen-bond acceptors (Lipinski definition) is 6. The maximum Gasteiger partial charge on any atom is 0.268 e. The number of nitrogens with zero attached hydrogens (tertiary/aromatic N) is 1. The number of allylic oxidation sites excluding steroid dienone is 18. The summed E-state index contributed by atoms with van der Waals surface area (Å²) in [5.74, 6) is -0.171. The van der Waals surface area contributed by atoms with Crippen LogP contribution in [0, 0.1) is 0 Å². The van der Waals surface area contributed by atoms with Gasteiger partial charge in [0.1, 0.15) is 13.2 Å². The standard InChI is InChI=1S/C64H113N2O6P/c1-6-8-10-12-14-16-18-19-20-21-22-23-24-25-26-27-28-29-30-31-32-33-34-35-36-37-38-39-40-41-42-43-44-45-46-47-48-50-52-54-56-58-64(68)65-62(61-72-73(69,70)71-60-59-66(3,4)5)63(67)57-55-53-51-49-17-15-13-11-9-7-2/h8,10,14,16,19-20,22-23,25-26,28-29,31-32,34-35,37-38,62-63,67H,6-7,9,11-13,15,17-18,21,24,27,30,33,36,39-61H2,1-5H3,(H-,65,68,69,70)/b10-8-,16-14-,20-19-,23-22-,26-25-,29-28-,32-31-,35-34-,38-37-. The Morgan fingerprint density at radius 1 is 0.493 bits per heavy atom. The SMILES string of the molecule is CC/C=C\C/C=C\C/C=C\C/C=C\C/C=C\C/C=C\C/C=C\C/C=C\C/C=C\CCCCCCCCCCCCCCCC(=O)NC(COP(=O)([O-])OCC[N+](C)(C)C)C(O)CCCCCCCCCCCC. The molecule has 0 rings (SSSR count). The van der Waals surface area contributed by atoms with Crippen LogP contribution >= 0.6 is 7.82 Å². The molecule has 0 aromatic rings. The molecule has 0 aliphatic carbocycles. The number of aliphatic hydroxyl groups is 1. The first-order valence-corrected chi connectivity index (χ1v) is 31.2. The van der Waals surface area contributed by atoms with Crippen LogP contribution in [-0.4, -0.2) is 68.5 Å². The Kier molecular flexibility index (Phi) is 51.9. The molecule has 2 N–H and O–H groups in total. The van der Waals surface area contributed by atoms with Crippen molar-refractivity contribution in [3.05, 3.63) is 109 Å². The van der Waals surface area contributed by atoms with E-state index in [9.17, 15) is 19.4 Å². The molecule has 0 spiro atoms. The van der Waals surface area contributed by atoms with E-state index in [2.05, 4.69) is 129 Å². The van der Waals surface area contributed by atoms with E-state index < -0.39 is 20.0 Å². The van der Waals surface area contributed by atoms with E-state index in [1.54, 1.807) is 0 Å². The highest BCUT2D eigenvalue weighted by molar-refractivity contribution is 7.45. The maximum atomic E-state index is 12.9. The Bertz CT molecular complexity index is 1550. The van der Waals surface area contributed by atoms with Gasteiger partial charge >= 0.3 is 0 Å². The van der Waals surface area contributed by atoms with Crippen molar-refractivity contribution in [2.24, 2.45) is 0 Å². The molecule has 9 heteroatoms. The number of amides is 1. The Morgan fingerprint density at radius 2 is 0.836 bits per heavy atom. The summed E-state index contributed by atoms with van der Waals surface area (Å²) in [6, 6.07) is -0.805. The molecular formula is C64H113N2O6P. The molecule has 1 amide bonds. The lowest BCUT2D eigenvalue weighted by Crippen LogP contribution is -2.46. The molecular weight excluding hydrogens is 924 g/mol. The first-order valence-electron chi connectivity index (χ1n) is 29.7. The maximum absolute atomic E-state index is 12.9. The van der Waals surface area contributed by atoms with Crippen LogP contribution in [0.15, 0.2) is 109 Å². The van der Waals surface area contributed by atoms with E-state index >= 15 is 0 Å². The highest BCUT2D eigenvalue weighted by Crippen LogP contribution is 2.38. The second-order valence-electron chi connectivity index (χ2n) is 21.0. The third-order valence-electron chi connectivity index (χ3n) is 12.8. The van der Waals surface area contributed by atoms with Crippen LogP contribution in [-0.2, 0) is 18.4 Å². The van der Waals surface area contributed by atoms with Gasteiger partial charge in [-0.3, -0.25) is 9.36 Å². The molecule has 0 saturated heterocycles. The number of likely N-dealkylation sites (N-methyl/N-ethyl adjacent to an activating group) is 1. The van der Waals surface area contributed by atoms with Gasteiger partial charge < -0.3 is 28.8 Å². The van der Waals surface area contributed by atoms with E-state index in [4.69, 9.17) is 9.05 Å². The van der Waals surface area contributed by atoms with E-state index in [0.29, 0.717) is 23.9 Å². The summed E-state index contributed by atoms with van der Waals surface area (Å²) >= 11 is 0. The summed E-state index contributed by atoms with van der Waals surface area (Å²) in [7, 11) is 1.29. The molecule has 0 aromatic heterocycles. The molecule has 420 valence electrons. The fraction of sp³-hybridized carbons (Fsp3) is 0.703. The highest BCUT2D eigenvalue weighted by atomic mass is 31.2. The molecule has 0 radical (unpaired) electrons. The van der Waals surface area contributed by atoms with E-state index in [0.717, 1.165) is 96.3 Å². The number of unbranched alkanes of at least 4 members (excludes halogenated alkanes) is 22. The van der Waals surface area contributed by atoms with E-state index in [1.807, 2.05) is 21.1 Å². The first kappa shape index (κ1) is 70.2. The summed E-state index contributed by atoms with van der Waals surface area (Å²) in [5, 5.41) is 13.9. The van der Waals surface area contributed by atoms with Crippen LogP contribution in [0.4, 0.5) is 0 Å². The van der Waals surface area contributed by atoms with Gasteiger partial charge in [0.05, 0.1) is 39.9 Å². The number of phosphoric ester groups is 1. The summed E-state index contributed by atoms with van der Waals surface area (Å²) in [4.78, 5) is 25.4. The molecule has 0 saturated carbocycles. The average Bonchev–Trinajstić information content (AvgIpc) is 3.35. The van der Waals surface area contributed by atoms with Crippen molar-refractivity contribution in [2.75, 3.05) is 40.9 Å². The van der Waals surface area contributed by atoms with Crippen LogP contribution < -0.4 is 10.2 Å². The number of hydrogen-bond donors (Lipinski definition) is 2. The Labute approximate surface area is 451 Å². The van der Waals surface area contributed by atoms with Crippen LogP contribution in [0.2, 0.25) is 0 Å². The number of carbonyl (C=O) groups is 1. The van der Waals surface area contributed by atoms with Crippen molar-refractivity contribution < 1.29 is 32.9 Å². The average molecular weight is 1040 g/mol. The van der Waals surface area contributed by atoms with Gasteiger partial charge in [0.2, 0.25) is 5.91 Å². The smallest absolute Gasteiger partial charge is 0.268 e. The molecule has 0 aliphatic heterocycles. The fourth-order valence-corrected chi connectivity index (χ4v) is 8.87. The van der Waals surface area contributed by atoms with Crippen LogP contribution in [0.25, 0.3) is 0 Å². The molecule has 0 aromatic carbocycles. The van der Waals surface area contributed by atoms with Crippen molar-refractivity contribution >= 4 is 13.7 Å². The van der Waals surface area contributed by atoms with Gasteiger partial charge in [-0.15, -0.1) is 0 Å².